The van der Waals surface area contributed by atoms with Crippen molar-refractivity contribution in [1.82, 2.24) is 15.8 Å². The second-order valence-electron chi connectivity index (χ2n) is 6.88. The topological polar surface area (TPSA) is 118 Å². The highest BCUT2D eigenvalue weighted by Gasteiger charge is 2.48. The van der Waals surface area contributed by atoms with E-state index >= 15 is 0 Å². The summed E-state index contributed by atoms with van der Waals surface area (Å²) in [4.78, 5) is 48.5. The van der Waals surface area contributed by atoms with Crippen molar-refractivity contribution in [3.8, 4) is 0 Å². The van der Waals surface area contributed by atoms with Gasteiger partial charge in [0.25, 0.3) is 11.8 Å². The number of hydrazine groups is 1. The molecule has 1 aromatic heterocycles. The van der Waals surface area contributed by atoms with Gasteiger partial charge in [-0.05, 0) is 43.5 Å². The van der Waals surface area contributed by atoms with Crippen molar-refractivity contribution in [1.29, 1.82) is 0 Å². The first-order valence-corrected chi connectivity index (χ1v) is 9.26. The summed E-state index contributed by atoms with van der Waals surface area (Å²) in [6.45, 7) is 0.945. The minimum atomic E-state index is -1.15. The minimum Gasteiger partial charge on any atom is -0.465 e. The zero-order valence-corrected chi connectivity index (χ0v) is 16.3. The summed E-state index contributed by atoms with van der Waals surface area (Å²) in [6.07, 6.45) is 4.87. The largest absolute Gasteiger partial charge is 0.465 e. The molecule has 9 nitrogen and oxygen atoms in total. The van der Waals surface area contributed by atoms with Crippen LogP contribution in [0.15, 0.2) is 59.2 Å². The second kappa shape index (κ2) is 9.08. The van der Waals surface area contributed by atoms with E-state index in [2.05, 4.69) is 10.7 Å². The summed E-state index contributed by atoms with van der Waals surface area (Å²) in [6, 6.07) is 12.1. The van der Waals surface area contributed by atoms with Gasteiger partial charge in [0.1, 0.15) is 11.3 Å². The van der Waals surface area contributed by atoms with Crippen LogP contribution in [0.3, 0.4) is 0 Å². The molecule has 4 amide bonds. The van der Waals surface area contributed by atoms with Crippen molar-refractivity contribution in [3.63, 3.8) is 0 Å². The zero-order valence-electron chi connectivity index (χ0n) is 16.3. The number of ether oxygens (including phenoxy) is 1. The molecule has 0 aliphatic carbocycles. The third-order valence-electron chi connectivity index (χ3n) is 4.53. The van der Waals surface area contributed by atoms with Crippen molar-refractivity contribution in [2.24, 2.45) is 0 Å². The number of hydrogen-bond donors (Lipinski definition) is 2. The maximum atomic E-state index is 12.7. The number of hydrogen-bond acceptors (Lipinski definition) is 6. The number of benzene rings is 1. The van der Waals surface area contributed by atoms with Crippen LogP contribution in [0.2, 0.25) is 0 Å². The molecule has 156 valence electrons. The van der Waals surface area contributed by atoms with Crippen molar-refractivity contribution in [2.45, 2.75) is 25.3 Å². The normalized spacial score (nSPS) is 18.5. The Morgan fingerprint density at radius 3 is 2.67 bits per heavy atom. The van der Waals surface area contributed by atoms with Crippen LogP contribution in [0, 0.1) is 0 Å². The van der Waals surface area contributed by atoms with Crippen molar-refractivity contribution >= 4 is 29.9 Å². The van der Waals surface area contributed by atoms with E-state index in [4.69, 9.17) is 9.15 Å². The van der Waals surface area contributed by atoms with Gasteiger partial charge in [0, 0.05) is 6.08 Å². The molecule has 1 aliphatic heterocycles. The van der Waals surface area contributed by atoms with Gasteiger partial charge < -0.3 is 14.5 Å². The monoisotopic (exact) mass is 411 g/mol. The smallest absolute Gasteiger partial charge is 0.344 e. The minimum absolute atomic E-state index is 0.362. The number of esters is 1. The summed E-state index contributed by atoms with van der Waals surface area (Å²) in [7, 11) is 0. The Kier molecular flexibility index (Phi) is 6.31. The number of carbonyl (C=O) groups excluding carboxylic acids is 4. The lowest BCUT2D eigenvalue weighted by molar-refractivity contribution is -0.147. The number of carbonyl (C=O) groups is 4. The molecule has 0 radical (unpaired) electrons. The lowest BCUT2D eigenvalue weighted by atomic mass is 9.93. The molecule has 0 spiro atoms. The van der Waals surface area contributed by atoms with Gasteiger partial charge >= 0.3 is 12.0 Å². The Hall–Kier alpha value is -3.88. The molecule has 1 aliphatic rings. The lowest BCUT2D eigenvalue weighted by Crippen LogP contribution is -2.49. The number of nitrogens with one attached hydrogen (secondary N) is 2. The molecule has 0 bridgehead atoms. The molecule has 1 fully saturated rings. The van der Waals surface area contributed by atoms with Gasteiger partial charge in [0.2, 0.25) is 0 Å². The van der Waals surface area contributed by atoms with E-state index in [-0.39, 0.29) is 0 Å². The fraction of sp³-hybridized carbons (Fsp3) is 0.238. The zero-order chi connectivity index (χ0) is 21.6. The van der Waals surface area contributed by atoms with E-state index in [1.807, 2.05) is 30.3 Å². The Morgan fingerprint density at radius 1 is 1.20 bits per heavy atom. The Labute approximate surface area is 172 Å². The summed E-state index contributed by atoms with van der Waals surface area (Å²) in [5.41, 5.74) is 2.05. The summed E-state index contributed by atoms with van der Waals surface area (Å²) < 4.78 is 9.82. The number of rotatable bonds is 8. The molecular weight excluding hydrogens is 390 g/mol. The van der Waals surface area contributed by atoms with Crippen molar-refractivity contribution < 1.29 is 28.3 Å². The molecule has 3 rings (SSSR count). The molecule has 1 atom stereocenters. The average molecular weight is 411 g/mol. The lowest BCUT2D eigenvalue weighted by Gasteiger charge is -2.21. The van der Waals surface area contributed by atoms with Crippen LogP contribution >= 0.6 is 0 Å². The van der Waals surface area contributed by atoms with Gasteiger partial charge in [0.05, 0.1) is 6.26 Å². The molecule has 0 saturated carbocycles. The van der Waals surface area contributed by atoms with Gasteiger partial charge in [-0.1, -0.05) is 30.3 Å². The molecule has 30 heavy (non-hydrogen) atoms. The summed E-state index contributed by atoms with van der Waals surface area (Å²) in [5.74, 6) is -1.72. The van der Waals surface area contributed by atoms with Crippen LogP contribution in [0.25, 0.3) is 6.08 Å². The maximum Gasteiger partial charge on any atom is 0.344 e. The number of urea groups is 1. The van der Waals surface area contributed by atoms with Gasteiger partial charge in [0.15, 0.2) is 6.61 Å². The van der Waals surface area contributed by atoms with Crippen molar-refractivity contribution in [2.75, 3.05) is 6.61 Å². The summed E-state index contributed by atoms with van der Waals surface area (Å²) >= 11 is 0. The van der Waals surface area contributed by atoms with Crippen LogP contribution in [0.5, 0.6) is 0 Å². The number of amides is 4. The van der Waals surface area contributed by atoms with E-state index < -0.39 is 36.0 Å². The molecule has 1 aromatic carbocycles. The van der Waals surface area contributed by atoms with Gasteiger partial charge in [-0.15, -0.1) is 0 Å². The first-order chi connectivity index (χ1) is 14.4. The SMILES string of the molecule is C[C@]1(CCc2ccccc2)NC(=O)N(NC(=O)COC(=O)/C=C/c2ccco2)C1=O. The van der Waals surface area contributed by atoms with E-state index in [0.717, 1.165) is 11.6 Å². The van der Waals surface area contributed by atoms with Crippen LogP contribution in [0.1, 0.15) is 24.7 Å². The molecule has 9 heteroatoms. The van der Waals surface area contributed by atoms with E-state index in [0.29, 0.717) is 23.6 Å². The maximum absolute atomic E-state index is 12.7. The second-order valence-corrected chi connectivity index (χ2v) is 6.88. The Bertz CT molecular complexity index is 954. The third kappa shape index (κ3) is 5.13. The first kappa shape index (κ1) is 20.8. The van der Waals surface area contributed by atoms with Gasteiger partial charge in [-0.2, -0.15) is 5.01 Å². The predicted molar refractivity (Wildman–Crippen MR) is 105 cm³/mol. The van der Waals surface area contributed by atoms with Gasteiger partial charge in [-0.25, -0.2) is 9.59 Å². The van der Waals surface area contributed by atoms with Gasteiger partial charge in [-0.3, -0.25) is 15.0 Å². The van der Waals surface area contributed by atoms with Crippen LogP contribution in [-0.4, -0.2) is 41.0 Å². The number of imide groups is 1. The fourth-order valence-corrected chi connectivity index (χ4v) is 2.87. The number of furan rings is 1. The van der Waals surface area contributed by atoms with E-state index in [1.165, 1.54) is 12.3 Å². The third-order valence-corrected chi connectivity index (χ3v) is 4.53. The van der Waals surface area contributed by atoms with Crippen molar-refractivity contribution in [3.05, 3.63) is 66.1 Å². The van der Waals surface area contributed by atoms with E-state index in [9.17, 15) is 19.2 Å². The molecule has 2 aromatic rings. The molecular formula is C21H21N3O6. The average Bonchev–Trinajstić information content (AvgIpc) is 3.33. The van der Waals surface area contributed by atoms with E-state index in [1.54, 1.807) is 19.1 Å². The van der Waals surface area contributed by atoms with Crippen LogP contribution in [-0.2, 0) is 25.5 Å². The Morgan fingerprint density at radius 2 is 1.97 bits per heavy atom. The highest BCUT2D eigenvalue weighted by molar-refractivity contribution is 6.07. The molecule has 2 heterocycles. The quantitative estimate of drug-likeness (QED) is 0.389. The number of nitrogens with zero attached hydrogens (tertiary/aromatic N) is 1. The highest BCUT2D eigenvalue weighted by Crippen LogP contribution is 2.22. The summed E-state index contributed by atoms with van der Waals surface area (Å²) in [5, 5.41) is 3.21. The standard InChI is InChI=1S/C21H21N3O6/c1-21(12-11-15-6-3-2-4-7-15)19(27)24(20(28)22-21)23-17(25)14-30-18(26)10-9-16-8-5-13-29-16/h2-10,13H,11-12,14H2,1H3,(H,22,28)(H,23,25)/b10-9+/t21-/m1/s1. The highest BCUT2D eigenvalue weighted by atomic mass is 16.5. The molecule has 0 unspecified atom stereocenters. The van der Waals surface area contributed by atoms with Crippen LogP contribution in [0.4, 0.5) is 4.79 Å². The number of aryl methyl sites for hydroxylation is 1. The van der Waals surface area contributed by atoms with Crippen LogP contribution < -0.4 is 10.7 Å². The first-order valence-electron chi connectivity index (χ1n) is 9.26. The predicted octanol–water partition coefficient (Wildman–Crippen LogP) is 1.81. The fourth-order valence-electron chi connectivity index (χ4n) is 2.87. The Balaban J connectivity index is 1.49. The molecule has 1 saturated heterocycles. The molecule has 2 N–H and O–H groups in total.